The van der Waals surface area contributed by atoms with Gasteiger partial charge in [-0.3, -0.25) is 0 Å². The van der Waals surface area contributed by atoms with E-state index in [1.54, 1.807) is 0 Å². The van der Waals surface area contributed by atoms with Crippen LogP contribution in [0, 0.1) is 0 Å². The molecule has 0 saturated carbocycles. The lowest BCUT2D eigenvalue weighted by molar-refractivity contribution is 0.0288. The molecule has 4 heteroatoms. The van der Waals surface area contributed by atoms with Crippen LogP contribution in [0.15, 0.2) is 30.3 Å². The second-order valence-electron chi connectivity index (χ2n) is 5.25. The van der Waals surface area contributed by atoms with Crippen molar-refractivity contribution in [2.24, 2.45) is 0 Å². The van der Waals surface area contributed by atoms with Crippen LogP contribution in [0.3, 0.4) is 0 Å². The van der Waals surface area contributed by atoms with Crippen LogP contribution in [0.1, 0.15) is 19.4 Å². The number of benzene rings is 1. The lowest BCUT2D eigenvalue weighted by Gasteiger charge is -2.23. The largest absolute Gasteiger partial charge is 0.389 e. The van der Waals surface area contributed by atoms with Crippen molar-refractivity contribution in [2.45, 2.75) is 31.3 Å². The Balaban J connectivity index is 2.10. The van der Waals surface area contributed by atoms with E-state index >= 15 is 0 Å². The smallest absolute Gasteiger partial charge is 0.0897 e. The maximum absolute atomic E-state index is 9.80. The van der Waals surface area contributed by atoms with E-state index in [1.807, 2.05) is 42.1 Å². The molecule has 1 aromatic carbocycles. The number of hydrogen-bond acceptors (Lipinski definition) is 4. The summed E-state index contributed by atoms with van der Waals surface area (Å²) in [5, 5.41) is 13.1. The van der Waals surface area contributed by atoms with Gasteiger partial charge in [0.2, 0.25) is 0 Å². The van der Waals surface area contributed by atoms with E-state index in [-0.39, 0.29) is 4.75 Å². The molecule has 2 N–H and O–H groups in total. The Bertz CT molecular complexity index is 343. The fourth-order valence-electron chi connectivity index (χ4n) is 1.56. The average molecular weight is 283 g/mol. The molecule has 1 atom stereocenters. The summed E-state index contributed by atoms with van der Waals surface area (Å²) in [5.41, 5.74) is 1.13. The highest BCUT2D eigenvalue weighted by Crippen LogP contribution is 2.19. The maximum atomic E-state index is 9.80. The van der Waals surface area contributed by atoms with E-state index in [0.29, 0.717) is 19.8 Å². The molecule has 0 aliphatic heterocycles. The van der Waals surface area contributed by atoms with Crippen molar-refractivity contribution >= 4 is 11.8 Å². The van der Waals surface area contributed by atoms with Gasteiger partial charge in [0.1, 0.15) is 0 Å². The van der Waals surface area contributed by atoms with E-state index in [1.165, 1.54) is 0 Å². The molecule has 1 unspecified atom stereocenters. The van der Waals surface area contributed by atoms with Crippen molar-refractivity contribution < 1.29 is 9.84 Å². The molecule has 0 spiro atoms. The highest BCUT2D eigenvalue weighted by molar-refractivity contribution is 7.99. The van der Waals surface area contributed by atoms with Crippen molar-refractivity contribution in [3.05, 3.63) is 35.9 Å². The second-order valence-corrected chi connectivity index (χ2v) is 6.76. The normalized spacial score (nSPS) is 13.5. The predicted molar refractivity (Wildman–Crippen MR) is 82.6 cm³/mol. The molecule has 0 heterocycles. The topological polar surface area (TPSA) is 41.5 Å². The van der Waals surface area contributed by atoms with E-state index in [9.17, 15) is 5.11 Å². The van der Waals surface area contributed by atoms with Crippen molar-refractivity contribution in [2.75, 3.05) is 26.0 Å². The Kier molecular flexibility index (Phi) is 7.46. The van der Waals surface area contributed by atoms with Gasteiger partial charge in [0, 0.05) is 17.8 Å². The average Bonchev–Trinajstić information content (AvgIpc) is 2.40. The van der Waals surface area contributed by atoms with Gasteiger partial charge in [-0.2, -0.15) is 11.8 Å². The number of aliphatic hydroxyl groups excluding tert-OH is 1. The summed E-state index contributed by atoms with van der Waals surface area (Å²) in [6.07, 6.45) is 1.64. The van der Waals surface area contributed by atoms with Crippen LogP contribution in [0.5, 0.6) is 0 Å². The van der Waals surface area contributed by atoms with Crippen LogP contribution in [0.4, 0.5) is 0 Å². The van der Waals surface area contributed by atoms with Gasteiger partial charge in [-0.15, -0.1) is 0 Å². The minimum absolute atomic E-state index is 0.199. The lowest BCUT2D eigenvalue weighted by Crippen LogP contribution is -2.38. The molecule has 0 bridgehead atoms. The first-order valence-electron chi connectivity index (χ1n) is 6.59. The molecule has 0 fully saturated rings. The fraction of sp³-hybridized carbons (Fsp3) is 0.600. The van der Waals surface area contributed by atoms with Crippen LogP contribution < -0.4 is 5.32 Å². The fourth-order valence-corrected chi connectivity index (χ4v) is 1.80. The number of nitrogens with one attached hydrogen (secondary N) is 1. The maximum Gasteiger partial charge on any atom is 0.0897 e. The highest BCUT2D eigenvalue weighted by Gasteiger charge is 2.15. The summed E-state index contributed by atoms with van der Waals surface area (Å²) in [6, 6.07) is 10.00. The summed E-state index contributed by atoms with van der Waals surface area (Å²) in [5.74, 6) is 0. The molecule has 3 nitrogen and oxygen atoms in total. The molecule has 0 saturated heterocycles. The Morgan fingerprint density at radius 1 is 1.32 bits per heavy atom. The van der Waals surface area contributed by atoms with Gasteiger partial charge in [-0.05, 0) is 25.7 Å². The molecular weight excluding hydrogens is 258 g/mol. The Hall–Kier alpha value is -0.550. The standard InChI is InChI=1S/C15H25NO2S/c1-15(2,19-3)12-16-9-14(17)11-18-10-13-7-5-4-6-8-13/h4-8,14,16-17H,9-12H2,1-3H3. The van der Waals surface area contributed by atoms with Crippen molar-refractivity contribution in [1.82, 2.24) is 5.32 Å². The van der Waals surface area contributed by atoms with Crippen molar-refractivity contribution in [3.63, 3.8) is 0 Å². The van der Waals surface area contributed by atoms with E-state index in [4.69, 9.17) is 4.74 Å². The van der Waals surface area contributed by atoms with Gasteiger partial charge >= 0.3 is 0 Å². The summed E-state index contributed by atoms with van der Waals surface area (Å²) in [6.45, 7) is 6.73. The first-order valence-corrected chi connectivity index (χ1v) is 7.81. The number of rotatable bonds is 9. The quantitative estimate of drug-likeness (QED) is 0.730. The van der Waals surface area contributed by atoms with Crippen molar-refractivity contribution in [3.8, 4) is 0 Å². The molecule has 0 radical (unpaired) electrons. The lowest BCUT2D eigenvalue weighted by atomic mass is 10.2. The summed E-state index contributed by atoms with van der Waals surface area (Å²) in [4.78, 5) is 0. The van der Waals surface area contributed by atoms with Crippen LogP contribution >= 0.6 is 11.8 Å². The van der Waals surface area contributed by atoms with Gasteiger partial charge in [-0.25, -0.2) is 0 Å². The molecular formula is C15H25NO2S. The van der Waals surface area contributed by atoms with Crippen LogP contribution in [-0.2, 0) is 11.3 Å². The number of ether oxygens (including phenoxy) is 1. The molecule has 1 aromatic rings. The third kappa shape index (κ3) is 7.57. The first kappa shape index (κ1) is 16.5. The van der Waals surface area contributed by atoms with Crippen LogP contribution in [-0.4, -0.2) is 41.9 Å². The monoisotopic (exact) mass is 283 g/mol. The molecule has 0 amide bonds. The molecule has 0 aromatic heterocycles. The summed E-state index contributed by atoms with van der Waals surface area (Å²) in [7, 11) is 0. The molecule has 0 aliphatic carbocycles. The zero-order valence-corrected chi connectivity index (χ0v) is 12.9. The highest BCUT2D eigenvalue weighted by atomic mass is 32.2. The first-order chi connectivity index (χ1) is 9.03. The summed E-state index contributed by atoms with van der Waals surface area (Å²) < 4.78 is 5.69. The van der Waals surface area contributed by atoms with E-state index in [0.717, 1.165) is 12.1 Å². The number of aliphatic hydroxyl groups is 1. The van der Waals surface area contributed by atoms with E-state index < -0.39 is 6.10 Å². The zero-order valence-electron chi connectivity index (χ0n) is 12.1. The molecule has 19 heavy (non-hydrogen) atoms. The Morgan fingerprint density at radius 2 is 2.00 bits per heavy atom. The summed E-state index contributed by atoms with van der Waals surface area (Å²) >= 11 is 1.82. The van der Waals surface area contributed by atoms with Gasteiger partial charge in [0.25, 0.3) is 0 Å². The van der Waals surface area contributed by atoms with Gasteiger partial charge < -0.3 is 15.2 Å². The van der Waals surface area contributed by atoms with Crippen LogP contribution in [0.2, 0.25) is 0 Å². The Labute approximate surface area is 120 Å². The van der Waals surface area contributed by atoms with Crippen molar-refractivity contribution in [1.29, 1.82) is 0 Å². The van der Waals surface area contributed by atoms with Gasteiger partial charge in [0.05, 0.1) is 19.3 Å². The SMILES string of the molecule is CSC(C)(C)CNCC(O)COCc1ccccc1. The predicted octanol–water partition coefficient (Wildman–Crippen LogP) is 2.30. The minimum Gasteiger partial charge on any atom is -0.389 e. The molecule has 108 valence electrons. The minimum atomic E-state index is -0.457. The number of thioether (sulfide) groups is 1. The number of hydrogen-bond donors (Lipinski definition) is 2. The van der Waals surface area contributed by atoms with E-state index in [2.05, 4.69) is 25.4 Å². The third-order valence-corrected chi connectivity index (χ3v) is 4.15. The Morgan fingerprint density at radius 3 is 2.63 bits per heavy atom. The van der Waals surface area contributed by atoms with Gasteiger partial charge in [-0.1, -0.05) is 30.3 Å². The zero-order chi connectivity index (χ0) is 14.1. The second kappa shape index (κ2) is 8.59. The van der Waals surface area contributed by atoms with Gasteiger partial charge in [0.15, 0.2) is 0 Å². The third-order valence-electron chi connectivity index (χ3n) is 2.91. The molecule has 0 aliphatic rings. The van der Waals surface area contributed by atoms with Crippen LogP contribution in [0.25, 0.3) is 0 Å². The molecule has 1 rings (SSSR count).